The van der Waals surface area contributed by atoms with E-state index in [1.54, 1.807) is 13.2 Å². The summed E-state index contributed by atoms with van der Waals surface area (Å²) in [4.78, 5) is 12.4. The zero-order valence-corrected chi connectivity index (χ0v) is 13.4. The maximum Gasteiger partial charge on any atom is 0.170 e. The summed E-state index contributed by atoms with van der Waals surface area (Å²) in [6.07, 6.45) is 0.359. The number of halogens is 1. The highest BCUT2D eigenvalue weighted by molar-refractivity contribution is 9.10. The molecule has 4 heteroatoms. The third-order valence-corrected chi connectivity index (χ3v) is 3.54. The monoisotopic (exact) mass is 348 g/mol. The van der Waals surface area contributed by atoms with Crippen molar-refractivity contribution in [3.63, 3.8) is 0 Å². The van der Waals surface area contributed by atoms with Crippen molar-refractivity contribution < 1.29 is 14.3 Å². The van der Waals surface area contributed by atoms with Gasteiger partial charge in [0.05, 0.1) is 12.2 Å². The minimum absolute atomic E-state index is 0.0466. The second kappa shape index (κ2) is 7.96. The summed E-state index contributed by atoms with van der Waals surface area (Å²) in [5.41, 5.74) is 1.59. The molecule has 110 valence electrons. The predicted molar refractivity (Wildman–Crippen MR) is 86.0 cm³/mol. The van der Waals surface area contributed by atoms with Crippen molar-refractivity contribution in [2.45, 2.75) is 6.42 Å². The van der Waals surface area contributed by atoms with Crippen molar-refractivity contribution in [1.82, 2.24) is 0 Å². The Kier molecular flexibility index (Phi) is 5.96. The fourth-order valence-corrected chi connectivity index (χ4v) is 2.21. The largest absolute Gasteiger partial charge is 0.490 e. The molecule has 0 spiro atoms. The third-order valence-electron chi connectivity index (χ3n) is 3.01. The standard InChI is InChI=1S/C17H17BrO3/c1-20-10-11-21-17-5-3-2-4-15(17)16(19)12-13-6-8-14(18)9-7-13/h2-9H,10-12H2,1H3. The smallest absolute Gasteiger partial charge is 0.170 e. The SMILES string of the molecule is COCCOc1ccccc1C(=O)Cc1ccc(Br)cc1. The summed E-state index contributed by atoms with van der Waals surface area (Å²) in [5.74, 6) is 0.655. The number of benzene rings is 2. The summed E-state index contributed by atoms with van der Waals surface area (Å²) in [5, 5.41) is 0. The number of methoxy groups -OCH3 is 1. The number of hydrogen-bond acceptors (Lipinski definition) is 3. The lowest BCUT2D eigenvalue weighted by molar-refractivity contribution is 0.0985. The van der Waals surface area contributed by atoms with E-state index in [4.69, 9.17) is 9.47 Å². The van der Waals surface area contributed by atoms with E-state index in [1.165, 1.54) is 0 Å². The van der Waals surface area contributed by atoms with Gasteiger partial charge in [-0.15, -0.1) is 0 Å². The average molecular weight is 349 g/mol. The van der Waals surface area contributed by atoms with Gasteiger partial charge in [-0.1, -0.05) is 40.2 Å². The zero-order chi connectivity index (χ0) is 15.1. The van der Waals surface area contributed by atoms with E-state index in [9.17, 15) is 4.79 Å². The van der Waals surface area contributed by atoms with E-state index in [0.29, 0.717) is 30.9 Å². The highest BCUT2D eigenvalue weighted by atomic mass is 79.9. The molecule has 21 heavy (non-hydrogen) atoms. The van der Waals surface area contributed by atoms with Gasteiger partial charge in [0.15, 0.2) is 5.78 Å². The topological polar surface area (TPSA) is 35.5 Å². The zero-order valence-electron chi connectivity index (χ0n) is 11.8. The Morgan fingerprint density at radius 1 is 1.05 bits per heavy atom. The molecule has 3 nitrogen and oxygen atoms in total. The average Bonchev–Trinajstić information content (AvgIpc) is 2.50. The molecule has 0 heterocycles. The molecule has 0 saturated heterocycles. The van der Waals surface area contributed by atoms with Crippen LogP contribution in [0.3, 0.4) is 0 Å². The maximum atomic E-state index is 12.4. The second-order valence-electron chi connectivity index (χ2n) is 4.56. The Morgan fingerprint density at radius 3 is 2.48 bits per heavy atom. The molecule has 0 aliphatic heterocycles. The molecule has 0 unspecified atom stereocenters. The molecule has 2 rings (SSSR count). The van der Waals surface area contributed by atoms with E-state index in [0.717, 1.165) is 10.0 Å². The van der Waals surface area contributed by atoms with Crippen molar-refractivity contribution >= 4 is 21.7 Å². The van der Waals surface area contributed by atoms with Crippen molar-refractivity contribution in [1.29, 1.82) is 0 Å². The van der Waals surface area contributed by atoms with Crippen LogP contribution in [-0.2, 0) is 11.2 Å². The molecule has 0 aliphatic rings. The Morgan fingerprint density at radius 2 is 1.76 bits per heavy atom. The molecule has 2 aromatic carbocycles. The number of Topliss-reactive ketones (excluding diaryl/α,β-unsaturated/α-hetero) is 1. The van der Waals surface area contributed by atoms with Crippen molar-refractivity contribution in [3.05, 3.63) is 64.1 Å². The summed E-state index contributed by atoms with van der Waals surface area (Å²) in [6.45, 7) is 0.925. The highest BCUT2D eigenvalue weighted by Crippen LogP contribution is 2.20. The Bertz CT molecular complexity index is 593. The lowest BCUT2D eigenvalue weighted by atomic mass is 10.0. The predicted octanol–water partition coefficient (Wildman–Crippen LogP) is 3.90. The summed E-state index contributed by atoms with van der Waals surface area (Å²) in [7, 11) is 1.62. The fourth-order valence-electron chi connectivity index (χ4n) is 1.94. The van der Waals surface area contributed by atoms with E-state index < -0.39 is 0 Å². The molecular formula is C17H17BrO3. The van der Waals surface area contributed by atoms with Gasteiger partial charge < -0.3 is 9.47 Å². The van der Waals surface area contributed by atoms with Gasteiger partial charge in [-0.05, 0) is 29.8 Å². The van der Waals surface area contributed by atoms with E-state index in [-0.39, 0.29) is 5.78 Å². The van der Waals surface area contributed by atoms with Crippen LogP contribution in [0.4, 0.5) is 0 Å². The van der Waals surface area contributed by atoms with Crippen LogP contribution in [0.15, 0.2) is 53.0 Å². The molecule has 0 fully saturated rings. The van der Waals surface area contributed by atoms with E-state index in [1.807, 2.05) is 42.5 Å². The second-order valence-corrected chi connectivity index (χ2v) is 5.48. The van der Waals surface area contributed by atoms with Crippen LogP contribution in [0.5, 0.6) is 5.75 Å². The number of ether oxygens (including phenoxy) is 2. The molecule has 0 saturated carbocycles. The van der Waals surface area contributed by atoms with Crippen LogP contribution in [-0.4, -0.2) is 26.1 Å². The number of carbonyl (C=O) groups excluding carboxylic acids is 1. The molecule has 0 aliphatic carbocycles. The Labute approximate surface area is 133 Å². The summed E-state index contributed by atoms with van der Waals surface area (Å²) < 4.78 is 11.6. The van der Waals surface area contributed by atoms with Crippen molar-refractivity contribution in [2.75, 3.05) is 20.3 Å². The van der Waals surface area contributed by atoms with Gasteiger partial charge >= 0.3 is 0 Å². The van der Waals surface area contributed by atoms with Gasteiger partial charge in [0.25, 0.3) is 0 Å². The highest BCUT2D eigenvalue weighted by Gasteiger charge is 2.12. The van der Waals surface area contributed by atoms with Crippen LogP contribution in [0.1, 0.15) is 15.9 Å². The molecule has 0 atom stereocenters. The van der Waals surface area contributed by atoms with Crippen LogP contribution in [0.25, 0.3) is 0 Å². The lowest BCUT2D eigenvalue weighted by Gasteiger charge is -2.10. The molecule has 2 aromatic rings. The first kappa shape index (κ1) is 15.7. The van der Waals surface area contributed by atoms with Crippen LogP contribution < -0.4 is 4.74 Å². The minimum Gasteiger partial charge on any atom is -0.490 e. The summed E-state index contributed by atoms with van der Waals surface area (Å²) >= 11 is 3.39. The van der Waals surface area contributed by atoms with Gasteiger partial charge in [0.2, 0.25) is 0 Å². The van der Waals surface area contributed by atoms with Crippen LogP contribution in [0.2, 0.25) is 0 Å². The van der Waals surface area contributed by atoms with Crippen LogP contribution in [0, 0.1) is 0 Å². The first-order chi connectivity index (χ1) is 10.2. The van der Waals surface area contributed by atoms with Crippen molar-refractivity contribution in [3.8, 4) is 5.75 Å². The molecule has 0 amide bonds. The Hall–Kier alpha value is -1.65. The fraction of sp³-hybridized carbons (Fsp3) is 0.235. The maximum absolute atomic E-state index is 12.4. The van der Waals surface area contributed by atoms with Gasteiger partial charge in [-0.2, -0.15) is 0 Å². The molecule has 0 N–H and O–H groups in total. The van der Waals surface area contributed by atoms with E-state index >= 15 is 0 Å². The first-order valence-corrected chi connectivity index (χ1v) is 7.48. The number of ketones is 1. The van der Waals surface area contributed by atoms with Gasteiger partial charge in [0, 0.05) is 18.0 Å². The normalized spacial score (nSPS) is 10.4. The molecule has 0 bridgehead atoms. The first-order valence-electron chi connectivity index (χ1n) is 6.69. The minimum atomic E-state index is 0.0466. The van der Waals surface area contributed by atoms with Gasteiger partial charge in [-0.25, -0.2) is 0 Å². The quantitative estimate of drug-likeness (QED) is 0.562. The lowest BCUT2D eigenvalue weighted by Crippen LogP contribution is -2.10. The number of para-hydroxylation sites is 1. The Balaban J connectivity index is 2.09. The number of hydrogen-bond donors (Lipinski definition) is 0. The number of rotatable bonds is 7. The van der Waals surface area contributed by atoms with Crippen molar-refractivity contribution in [2.24, 2.45) is 0 Å². The molecule has 0 radical (unpaired) electrons. The molecular weight excluding hydrogens is 332 g/mol. The number of carbonyl (C=O) groups is 1. The van der Waals surface area contributed by atoms with E-state index in [2.05, 4.69) is 15.9 Å². The third kappa shape index (κ3) is 4.69. The van der Waals surface area contributed by atoms with Crippen LogP contribution >= 0.6 is 15.9 Å². The summed E-state index contributed by atoms with van der Waals surface area (Å²) in [6, 6.07) is 15.1. The molecule has 0 aromatic heterocycles. The van der Waals surface area contributed by atoms with Gasteiger partial charge in [0.1, 0.15) is 12.4 Å². The van der Waals surface area contributed by atoms with Gasteiger partial charge in [-0.3, -0.25) is 4.79 Å².